The van der Waals surface area contributed by atoms with Crippen molar-refractivity contribution in [2.24, 2.45) is 0 Å². The lowest BCUT2D eigenvalue weighted by atomic mass is 10.1. The first kappa shape index (κ1) is 20.8. The van der Waals surface area contributed by atoms with Crippen molar-refractivity contribution in [3.05, 3.63) is 53.1 Å². The Labute approximate surface area is 164 Å². The molecule has 0 radical (unpaired) electrons. The zero-order valence-corrected chi connectivity index (χ0v) is 16.5. The summed E-state index contributed by atoms with van der Waals surface area (Å²) in [5.41, 5.74) is 1.21. The molecule has 0 unspecified atom stereocenters. The van der Waals surface area contributed by atoms with Crippen molar-refractivity contribution in [1.29, 1.82) is 0 Å². The molecule has 1 amide bonds. The van der Waals surface area contributed by atoms with Gasteiger partial charge >= 0.3 is 0 Å². The van der Waals surface area contributed by atoms with E-state index in [1.807, 2.05) is 13.8 Å². The molecule has 0 heterocycles. The van der Waals surface area contributed by atoms with Gasteiger partial charge in [0.15, 0.2) is 5.78 Å². The van der Waals surface area contributed by atoms with Crippen molar-refractivity contribution in [3.8, 4) is 11.5 Å². The Hall–Kier alpha value is -2.53. The highest BCUT2D eigenvalue weighted by molar-refractivity contribution is 6.32. The molecule has 1 N–H and O–H groups in total. The summed E-state index contributed by atoms with van der Waals surface area (Å²) in [6.07, 6.45) is 1.05. The van der Waals surface area contributed by atoms with Gasteiger partial charge in [-0.1, -0.05) is 11.6 Å². The Morgan fingerprint density at radius 3 is 2.37 bits per heavy atom. The number of rotatable bonds is 9. The molecule has 2 aromatic rings. The second-order valence-electron chi connectivity index (χ2n) is 6.37. The standard InChI is InChI=1S/C21H24ClNO4/c1-14(2)27-20-12-9-16(13-18(20)22)23-21(25)6-4-5-19(24)15-7-10-17(26-3)11-8-15/h7-14H,4-6H2,1-3H3,(H,23,25). The normalized spacial score (nSPS) is 10.6. The molecule has 0 aliphatic carbocycles. The fourth-order valence-corrected chi connectivity index (χ4v) is 2.71. The lowest BCUT2D eigenvalue weighted by molar-refractivity contribution is -0.116. The number of hydrogen-bond acceptors (Lipinski definition) is 4. The van der Waals surface area contributed by atoms with Crippen LogP contribution in [-0.4, -0.2) is 24.9 Å². The maximum atomic E-state index is 12.2. The lowest BCUT2D eigenvalue weighted by Crippen LogP contribution is -2.12. The average molecular weight is 390 g/mol. The Balaban J connectivity index is 1.80. The van der Waals surface area contributed by atoms with E-state index in [1.54, 1.807) is 49.6 Å². The van der Waals surface area contributed by atoms with Gasteiger partial charge in [0.25, 0.3) is 0 Å². The van der Waals surface area contributed by atoms with Gasteiger partial charge in [0.05, 0.1) is 18.2 Å². The Kier molecular flexibility index (Phi) is 7.67. The van der Waals surface area contributed by atoms with Crippen LogP contribution in [0.1, 0.15) is 43.5 Å². The highest BCUT2D eigenvalue weighted by atomic mass is 35.5. The second kappa shape index (κ2) is 9.97. The summed E-state index contributed by atoms with van der Waals surface area (Å²) in [6, 6.07) is 12.1. The number of carbonyl (C=O) groups is 2. The molecule has 0 atom stereocenters. The summed E-state index contributed by atoms with van der Waals surface area (Å²) in [7, 11) is 1.58. The minimum atomic E-state index is -0.161. The van der Waals surface area contributed by atoms with Crippen molar-refractivity contribution >= 4 is 29.0 Å². The maximum absolute atomic E-state index is 12.2. The van der Waals surface area contributed by atoms with E-state index in [2.05, 4.69) is 5.32 Å². The number of anilines is 1. The first-order valence-corrected chi connectivity index (χ1v) is 9.20. The number of ketones is 1. The number of carbonyl (C=O) groups excluding carboxylic acids is 2. The molecule has 6 heteroatoms. The third-order valence-electron chi connectivity index (χ3n) is 3.80. The number of benzene rings is 2. The zero-order chi connectivity index (χ0) is 19.8. The first-order chi connectivity index (χ1) is 12.9. The van der Waals surface area contributed by atoms with Gasteiger partial charge in [-0.25, -0.2) is 0 Å². The van der Waals surface area contributed by atoms with Crippen LogP contribution in [0.15, 0.2) is 42.5 Å². The largest absolute Gasteiger partial charge is 0.497 e. The van der Waals surface area contributed by atoms with Crippen LogP contribution in [0.4, 0.5) is 5.69 Å². The Morgan fingerprint density at radius 2 is 1.78 bits per heavy atom. The van der Waals surface area contributed by atoms with Gasteiger partial charge in [-0.05, 0) is 62.7 Å². The van der Waals surface area contributed by atoms with Crippen molar-refractivity contribution in [1.82, 2.24) is 0 Å². The molecular weight excluding hydrogens is 366 g/mol. The number of methoxy groups -OCH3 is 1. The number of halogens is 1. The molecule has 0 spiro atoms. The van der Waals surface area contributed by atoms with Crippen LogP contribution in [0.3, 0.4) is 0 Å². The van der Waals surface area contributed by atoms with E-state index in [0.717, 1.165) is 0 Å². The van der Waals surface area contributed by atoms with E-state index in [4.69, 9.17) is 21.1 Å². The monoisotopic (exact) mass is 389 g/mol. The molecule has 0 bridgehead atoms. The van der Waals surface area contributed by atoms with E-state index >= 15 is 0 Å². The van der Waals surface area contributed by atoms with Crippen LogP contribution in [0.2, 0.25) is 5.02 Å². The van der Waals surface area contributed by atoms with E-state index in [9.17, 15) is 9.59 Å². The minimum absolute atomic E-state index is 0.00341. The molecule has 0 aliphatic rings. The summed E-state index contributed by atoms with van der Waals surface area (Å²) in [4.78, 5) is 24.2. The second-order valence-corrected chi connectivity index (χ2v) is 6.77. The molecule has 0 aliphatic heterocycles. The first-order valence-electron chi connectivity index (χ1n) is 8.82. The minimum Gasteiger partial charge on any atom is -0.497 e. The molecule has 5 nitrogen and oxygen atoms in total. The summed E-state index contributed by atoms with van der Waals surface area (Å²) in [5.74, 6) is 1.12. The van der Waals surface area contributed by atoms with E-state index in [-0.39, 0.29) is 24.2 Å². The van der Waals surface area contributed by atoms with E-state index in [0.29, 0.717) is 40.6 Å². The molecular formula is C21H24ClNO4. The van der Waals surface area contributed by atoms with Crippen LogP contribution in [0, 0.1) is 0 Å². The van der Waals surface area contributed by atoms with Crippen molar-refractivity contribution < 1.29 is 19.1 Å². The summed E-state index contributed by atoms with van der Waals surface area (Å²) in [5, 5.41) is 3.23. The van der Waals surface area contributed by atoms with Crippen LogP contribution in [0.25, 0.3) is 0 Å². The SMILES string of the molecule is COc1ccc(C(=O)CCCC(=O)Nc2ccc(OC(C)C)c(Cl)c2)cc1. The highest BCUT2D eigenvalue weighted by Gasteiger charge is 2.10. The third-order valence-corrected chi connectivity index (χ3v) is 4.09. The quantitative estimate of drug-likeness (QED) is 0.604. The number of nitrogens with one attached hydrogen (secondary N) is 1. The predicted molar refractivity (Wildman–Crippen MR) is 107 cm³/mol. The summed E-state index contributed by atoms with van der Waals surface area (Å²) >= 11 is 6.16. The zero-order valence-electron chi connectivity index (χ0n) is 15.8. The average Bonchev–Trinajstić information content (AvgIpc) is 2.63. The molecule has 0 fully saturated rings. The van der Waals surface area contributed by atoms with Gasteiger partial charge in [0, 0.05) is 24.1 Å². The van der Waals surface area contributed by atoms with Crippen LogP contribution in [-0.2, 0) is 4.79 Å². The predicted octanol–water partition coefficient (Wildman–Crippen LogP) is 5.13. The van der Waals surface area contributed by atoms with Gasteiger partial charge in [0.2, 0.25) is 5.91 Å². The van der Waals surface area contributed by atoms with Gasteiger partial charge in [-0.2, -0.15) is 0 Å². The van der Waals surface area contributed by atoms with Gasteiger partial charge in [-0.15, -0.1) is 0 Å². The number of Topliss-reactive ketones (excluding diaryl/α,β-unsaturated/α-hetero) is 1. The Bertz CT molecular complexity index is 787. The summed E-state index contributed by atoms with van der Waals surface area (Å²) < 4.78 is 10.6. The van der Waals surface area contributed by atoms with Crippen molar-refractivity contribution in [2.45, 2.75) is 39.2 Å². The molecule has 0 aromatic heterocycles. The topological polar surface area (TPSA) is 64.6 Å². The molecule has 144 valence electrons. The van der Waals surface area contributed by atoms with Gasteiger partial charge in [-0.3, -0.25) is 9.59 Å². The number of ether oxygens (including phenoxy) is 2. The maximum Gasteiger partial charge on any atom is 0.224 e. The van der Waals surface area contributed by atoms with Gasteiger partial charge in [0.1, 0.15) is 11.5 Å². The number of amides is 1. The van der Waals surface area contributed by atoms with E-state index < -0.39 is 0 Å². The molecule has 0 saturated heterocycles. The van der Waals surface area contributed by atoms with Crippen molar-refractivity contribution in [2.75, 3.05) is 12.4 Å². The van der Waals surface area contributed by atoms with Crippen LogP contribution in [0.5, 0.6) is 11.5 Å². The molecule has 0 saturated carbocycles. The van der Waals surface area contributed by atoms with Gasteiger partial charge < -0.3 is 14.8 Å². The van der Waals surface area contributed by atoms with Crippen molar-refractivity contribution in [3.63, 3.8) is 0 Å². The van der Waals surface area contributed by atoms with Crippen LogP contribution >= 0.6 is 11.6 Å². The highest BCUT2D eigenvalue weighted by Crippen LogP contribution is 2.28. The third kappa shape index (κ3) is 6.61. The fraction of sp³-hybridized carbons (Fsp3) is 0.333. The van der Waals surface area contributed by atoms with Crippen LogP contribution < -0.4 is 14.8 Å². The summed E-state index contributed by atoms with van der Waals surface area (Å²) in [6.45, 7) is 3.83. The lowest BCUT2D eigenvalue weighted by Gasteiger charge is -2.12. The smallest absolute Gasteiger partial charge is 0.224 e. The fourth-order valence-electron chi connectivity index (χ4n) is 2.48. The van der Waals surface area contributed by atoms with E-state index in [1.165, 1.54) is 0 Å². The number of hydrogen-bond donors (Lipinski definition) is 1. The molecule has 2 rings (SSSR count). The molecule has 27 heavy (non-hydrogen) atoms. The Morgan fingerprint density at radius 1 is 1.07 bits per heavy atom. The molecule has 2 aromatic carbocycles.